The molecule has 1 aliphatic rings. The van der Waals surface area contributed by atoms with Crippen LogP contribution in [0.3, 0.4) is 0 Å². The third-order valence-corrected chi connectivity index (χ3v) is 4.89. The molecule has 2 aromatic rings. The Kier molecular flexibility index (Phi) is 5.46. The van der Waals surface area contributed by atoms with Crippen molar-refractivity contribution < 1.29 is 27.6 Å². The van der Waals surface area contributed by atoms with Crippen LogP contribution in [-0.2, 0) is 17.5 Å². The number of anilines is 1. The highest BCUT2D eigenvalue weighted by molar-refractivity contribution is 8.14. The predicted molar refractivity (Wildman–Crippen MR) is 99.0 cm³/mol. The topological polar surface area (TPSA) is 66.5 Å². The van der Waals surface area contributed by atoms with Crippen LogP contribution in [0.1, 0.15) is 27.0 Å². The molecule has 1 fully saturated rings. The van der Waals surface area contributed by atoms with Crippen molar-refractivity contribution in [2.45, 2.75) is 19.6 Å². The minimum Gasteiger partial charge on any atom is -0.322 e. The molecular weight excluding hydrogens is 393 g/mol. The molecule has 3 rings (SSSR count). The van der Waals surface area contributed by atoms with E-state index in [1.54, 1.807) is 12.1 Å². The molecule has 0 aliphatic carbocycles. The molecule has 0 aromatic heterocycles. The molecule has 1 saturated heterocycles. The first-order chi connectivity index (χ1) is 13.1. The van der Waals surface area contributed by atoms with E-state index >= 15 is 0 Å². The highest BCUT2D eigenvalue weighted by Crippen LogP contribution is 2.32. The molecule has 1 aliphatic heterocycles. The highest BCUT2D eigenvalue weighted by Gasteiger charge is 2.31. The molecule has 0 unspecified atom stereocenters. The van der Waals surface area contributed by atoms with Crippen LogP contribution in [0.25, 0.3) is 0 Å². The molecule has 0 bridgehead atoms. The Morgan fingerprint density at radius 1 is 1.18 bits per heavy atom. The van der Waals surface area contributed by atoms with Crippen LogP contribution in [0, 0.1) is 6.92 Å². The van der Waals surface area contributed by atoms with Crippen molar-refractivity contribution in [2.24, 2.45) is 0 Å². The van der Waals surface area contributed by atoms with Gasteiger partial charge in [-0.25, -0.2) is 0 Å². The lowest BCUT2D eigenvalue weighted by atomic mass is 10.1. The molecule has 3 amide bonds. The van der Waals surface area contributed by atoms with Crippen LogP contribution in [-0.4, -0.2) is 27.7 Å². The van der Waals surface area contributed by atoms with E-state index in [0.717, 1.165) is 28.8 Å². The van der Waals surface area contributed by atoms with E-state index in [4.69, 9.17) is 0 Å². The Labute approximate surface area is 162 Å². The molecule has 0 spiro atoms. The molecule has 0 saturated carbocycles. The number of carbonyl (C=O) groups excluding carboxylic acids is 3. The Hall–Kier alpha value is -2.81. The Bertz CT molecular complexity index is 944. The third kappa shape index (κ3) is 4.53. The molecule has 1 N–H and O–H groups in total. The van der Waals surface area contributed by atoms with E-state index in [9.17, 15) is 27.6 Å². The molecule has 28 heavy (non-hydrogen) atoms. The van der Waals surface area contributed by atoms with Crippen molar-refractivity contribution in [3.63, 3.8) is 0 Å². The number of nitrogens with one attached hydrogen (secondary N) is 1. The third-order valence-electron chi connectivity index (χ3n) is 4.03. The normalized spacial score (nSPS) is 14.5. The molecule has 9 heteroatoms. The number of amides is 3. The maximum Gasteiger partial charge on any atom is 0.416 e. The van der Waals surface area contributed by atoms with Crippen LogP contribution in [0.4, 0.5) is 23.7 Å². The molecule has 0 atom stereocenters. The zero-order valence-corrected chi connectivity index (χ0v) is 15.5. The van der Waals surface area contributed by atoms with Crippen LogP contribution in [0.15, 0.2) is 42.5 Å². The van der Waals surface area contributed by atoms with Gasteiger partial charge in [-0.3, -0.25) is 19.3 Å². The largest absolute Gasteiger partial charge is 0.416 e. The number of halogens is 3. The Morgan fingerprint density at radius 2 is 1.93 bits per heavy atom. The number of rotatable bonds is 4. The quantitative estimate of drug-likeness (QED) is 0.811. The lowest BCUT2D eigenvalue weighted by Gasteiger charge is -2.14. The Balaban J connectivity index is 1.78. The van der Waals surface area contributed by atoms with Crippen molar-refractivity contribution in [2.75, 3.05) is 11.1 Å². The van der Waals surface area contributed by atoms with Crippen LogP contribution in [0.2, 0.25) is 0 Å². The number of hydrogen-bond donors (Lipinski definition) is 1. The SMILES string of the molecule is Cc1cc(NC(=O)c2cccc(CN3C(=O)CSC3=O)c2)cc(C(F)(F)F)c1. The average molecular weight is 408 g/mol. The molecule has 146 valence electrons. The van der Waals surface area contributed by atoms with E-state index < -0.39 is 17.6 Å². The number of thioether (sulfide) groups is 1. The summed E-state index contributed by atoms with van der Waals surface area (Å²) < 4.78 is 38.8. The van der Waals surface area contributed by atoms with Gasteiger partial charge in [0.2, 0.25) is 5.91 Å². The zero-order chi connectivity index (χ0) is 20.5. The number of alkyl halides is 3. The van der Waals surface area contributed by atoms with Crippen LogP contribution < -0.4 is 5.32 Å². The molecule has 2 aromatic carbocycles. The summed E-state index contributed by atoms with van der Waals surface area (Å²) in [6, 6.07) is 9.55. The van der Waals surface area contributed by atoms with Crippen LogP contribution >= 0.6 is 11.8 Å². The van der Waals surface area contributed by atoms with Gasteiger partial charge in [-0.15, -0.1) is 0 Å². The van der Waals surface area contributed by atoms with Gasteiger partial charge in [0, 0.05) is 11.3 Å². The van der Waals surface area contributed by atoms with E-state index in [0.29, 0.717) is 11.1 Å². The average Bonchev–Trinajstić information content (AvgIpc) is 2.93. The van der Waals surface area contributed by atoms with E-state index in [1.807, 2.05) is 0 Å². The first-order valence-electron chi connectivity index (χ1n) is 8.20. The second-order valence-corrected chi connectivity index (χ2v) is 7.20. The van der Waals surface area contributed by atoms with E-state index in [1.165, 1.54) is 25.1 Å². The first kappa shape index (κ1) is 19.9. The molecule has 0 radical (unpaired) electrons. The second kappa shape index (κ2) is 7.67. The van der Waals surface area contributed by atoms with Gasteiger partial charge in [0.25, 0.3) is 11.1 Å². The number of aryl methyl sites for hydroxylation is 1. The smallest absolute Gasteiger partial charge is 0.322 e. The van der Waals surface area contributed by atoms with Crippen molar-refractivity contribution in [1.29, 1.82) is 0 Å². The van der Waals surface area contributed by atoms with Gasteiger partial charge in [0.05, 0.1) is 17.9 Å². The van der Waals surface area contributed by atoms with Crippen molar-refractivity contribution in [1.82, 2.24) is 4.90 Å². The number of nitrogens with zero attached hydrogens (tertiary/aromatic N) is 1. The fourth-order valence-electron chi connectivity index (χ4n) is 2.75. The summed E-state index contributed by atoms with van der Waals surface area (Å²) in [4.78, 5) is 37.0. The van der Waals surface area contributed by atoms with E-state index in [-0.39, 0.29) is 34.7 Å². The lowest BCUT2D eigenvalue weighted by Crippen LogP contribution is -2.28. The van der Waals surface area contributed by atoms with Gasteiger partial charge in [-0.1, -0.05) is 23.9 Å². The number of imide groups is 1. The summed E-state index contributed by atoms with van der Waals surface area (Å²) >= 11 is 0.916. The standard InChI is InChI=1S/C19H15F3N2O3S/c1-11-5-14(19(20,21)22)8-15(6-11)23-17(26)13-4-2-3-12(7-13)9-24-16(25)10-28-18(24)27/h2-8H,9-10H2,1H3,(H,23,26). The summed E-state index contributed by atoms with van der Waals surface area (Å²) in [6.45, 7) is 1.54. The fourth-order valence-corrected chi connectivity index (χ4v) is 3.47. The van der Waals surface area contributed by atoms with Gasteiger partial charge in [-0.05, 0) is 48.4 Å². The van der Waals surface area contributed by atoms with Gasteiger partial charge >= 0.3 is 6.18 Å². The molecule has 5 nitrogen and oxygen atoms in total. The molecule has 1 heterocycles. The van der Waals surface area contributed by atoms with Gasteiger partial charge in [0.1, 0.15) is 0 Å². The van der Waals surface area contributed by atoms with E-state index in [2.05, 4.69) is 5.32 Å². The van der Waals surface area contributed by atoms with Gasteiger partial charge in [-0.2, -0.15) is 13.2 Å². The monoisotopic (exact) mass is 408 g/mol. The highest BCUT2D eigenvalue weighted by atomic mass is 32.2. The summed E-state index contributed by atoms with van der Waals surface area (Å²) in [5.74, 6) is -0.799. The maximum atomic E-state index is 12.9. The van der Waals surface area contributed by atoms with Crippen molar-refractivity contribution >= 4 is 34.5 Å². The summed E-state index contributed by atoms with van der Waals surface area (Å²) in [7, 11) is 0. The maximum absolute atomic E-state index is 12.9. The second-order valence-electron chi connectivity index (χ2n) is 6.27. The summed E-state index contributed by atoms with van der Waals surface area (Å²) in [5.41, 5.74) is 0.322. The first-order valence-corrected chi connectivity index (χ1v) is 9.18. The summed E-state index contributed by atoms with van der Waals surface area (Å²) in [5, 5.41) is 2.11. The minimum atomic E-state index is -4.52. The van der Waals surface area contributed by atoms with Crippen LogP contribution in [0.5, 0.6) is 0 Å². The Morgan fingerprint density at radius 3 is 2.57 bits per heavy atom. The molecular formula is C19H15F3N2O3S. The van der Waals surface area contributed by atoms with Crippen molar-refractivity contribution in [3.05, 3.63) is 64.7 Å². The minimum absolute atomic E-state index is 0.0315. The lowest BCUT2D eigenvalue weighted by molar-refractivity contribution is -0.137. The van der Waals surface area contributed by atoms with Gasteiger partial charge in [0.15, 0.2) is 0 Å². The van der Waals surface area contributed by atoms with Gasteiger partial charge < -0.3 is 5.32 Å². The number of benzene rings is 2. The number of hydrogen-bond acceptors (Lipinski definition) is 4. The number of carbonyl (C=O) groups is 3. The van der Waals surface area contributed by atoms with Crippen molar-refractivity contribution in [3.8, 4) is 0 Å². The predicted octanol–water partition coefficient (Wildman–Crippen LogP) is 4.46. The fraction of sp³-hybridized carbons (Fsp3) is 0.211. The summed E-state index contributed by atoms with van der Waals surface area (Å²) in [6.07, 6.45) is -4.52. The zero-order valence-electron chi connectivity index (χ0n) is 14.7.